The van der Waals surface area contributed by atoms with E-state index in [1.165, 1.54) is 41.9 Å². The van der Waals surface area contributed by atoms with Crippen LogP contribution < -0.4 is 30.4 Å². The number of fused-ring (bicyclic) bond motifs is 1. The summed E-state index contributed by atoms with van der Waals surface area (Å²) in [7, 11) is 3.43. The molecule has 2 aliphatic rings. The van der Waals surface area contributed by atoms with Crippen molar-refractivity contribution in [3.63, 3.8) is 0 Å². The molecule has 81 heavy (non-hydrogen) atoms. The lowest BCUT2D eigenvalue weighted by Crippen LogP contribution is -2.20. The normalized spacial score (nSPS) is 13.7. The number of rotatable bonds is 16. The number of aliphatic carboxylic acids is 1. The molecule has 7 heterocycles. The Labute approximate surface area is 474 Å². The lowest BCUT2D eigenvalue weighted by atomic mass is 9.93. The van der Waals surface area contributed by atoms with Crippen LogP contribution in [-0.4, -0.2) is 92.1 Å². The number of nitrogen functional groups attached to an aromatic ring is 2. The van der Waals surface area contributed by atoms with Crippen molar-refractivity contribution in [2.24, 2.45) is 0 Å². The summed E-state index contributed by atoms with van der Waals surface area (Å²) < 4.78 is 66.7. The molecule has 5 aromatic heterocycles. The molecule has 0 bridgehead atoms. The Hall–Kier alpha value is -8.46. The fraction of sp³-hybridized carbons (Fsp3) is 0.288. The highest BCUT2D eigenvalue weighted by Crippen LogP contribution is 2.41. The molecule has 22 heteroatoms. The van der Waals surface area contributed by atoms with Gasteiger partial charge in [0.15, 0.2) is 5.82 Å². The van der Waals surface area contributed by atoms with Crippen LogP contribution in [0.15, 0.2) is 116 Å². The largest absolute Gasteiger partial charge is 0.488 e. The maximum Gasteiger partial charge on any atom is 0.317 e. The number of hydrogen-bond acceptors (Lipinski definition) is 16. The molecule has 0 radical (unpaired) electrons. The van der Waals surface area contributed by atoms with Gasteiger partial charge in [0.25, 0.3) is 5.82 Å². The first kappa shape index (κ1) is 57.2. The molecule has 0 unspecified atom stereocenters. The number of ether oxygens (including phenoxy) is 6. The number of aromatic nitrogens is 6. The number of likely N-dealkylation sites (N-methyl/N-ethyl adjacent to an activating group) is 1. The van der Waals surface area contributed by atoms with Gasteiger partial charge in [0.2, 0.25) is 0 Å². The average molecular weight is 1140 g/mol. The molecule has 2 aliphatic heterocycles. The van der Waals surface area contributed by atoms with Crippen molar-refractivity contribution in [1.29, 1.82) is 0 Å². The maximum absolute atomic E-state index is 14.3. The van der Waals surface area contributed by atoms with Crippen LogP contribution in [0.1, 0.15) is 68.4 Å². The minimum Gasteiger partial charge on any atom is -0.488 e. The highest BCUT2D eigenvalue weighted by Gasteiger charge is 2.26. The van der Waals surface area contributed by atoms with E-state index >= 15 is 0 Å². The van der Waals surface area contributed by atoms with Gasteiger partial charge < -0.3 is 54.4 Å². The first-order valence-electron chi connectivity index (χ1n) is 25.9. The number of hydrogen-bond donors (Lipinski definition) is 3. The molecule has 5 N–H and O–H groups in total. The van der Waals surface area contributed by atoms with Gasteiger partial charge in [-0.1, -0.05) is 6.57 Å². The summed E-state index contributed by atoms with van der Waals surface area (Å²) in [6.45, 7) is 15.1. The first-order chi connectivity index (χ1) is 39.2. The Bertz CT molecular complexity index is 3620. The summed E-state index contributed by atoms with van der Waals surface area (Å²) in [4.78, 5) is 34.2. The lowest BCUT2D eigenvalue weighted by molar-refractivity contribution is -0.137. The van der Waals surface area contributed by atoms with E-state index < -0.39 is 17.6 Å². The van der Waals surface area contributed by atoms with Crippen LogP contribution in [0.5, 0.6) is 34.5 Å². The predicted molar refractivity (Wildman–Crippen MR) is 307 cm³/mol. The maximum atomic E-state index is 14.3. The summed E-state index contributed by atoms with van der Waals surface area (Å²) >= 11 is 3.08. The Balaban J connectivity index is 0.000000175. The van der Waals surface area contributed by atoms with Crippen molar-refractivity contribution in [3.05, 3.63) is 170 Å². The number of carbonyl (C=O) groups is 1. The second-order valence-electron chi connectivity index (χ2n) is 19.3. The fourth-order valence-electron chi connectivity index (χ4n) is 9.29. The molecule has 18 nitrogen and oxygen atoms in total. The Kier molecular flexibility index (Phi) is 18.8. The molecule has 11 rings (SSSR count). The molecule has 0 saturated carbocycles. The molecule has 0 atom stereocenters. The van der Waals surface area contributed by atoms with E-state index in [4.69, 9.17) is 51.6 Å². The summed E-state index contributed by atoms with van der Waals surface area (Å²) in [6.07, 6.45) is 12.7. The topological polar surface area (TPSA) is 214 Å². The number of anilines is 2. The van der Waals surface area contributed by atoms with Gasteiger partial charge in [-0.2, -0.15) is 0 Å². The number of thiazole rings is 2. The first-order valence-corrected chi connectivity index (χ1v) is 27.6. The van der Waals surface area contributed by atoms with Crippen molar-refractivity contribution in [3.8, 4) is 45.9 Å². The van der Waals surface area contributed by atoms with Crippen molar-refractivity contribution in [2.75, 3.05) is 58.5 Å². The van der Waals surface area contributed by atoms with Gasteiger partial charge in [-0.15, -0.1) is 22.7 Å². The van der Waals surface area contributed by atoms with Gasteiger partial charge in [-0.05, 0) is 114 Å². The standard InChI is InChI=1S/C28H26FN5O3S.C27H25FN4O3S.C4H9NO2/c1-17-31-13-24(38-17)15-36-22-10-19(29)11-23(12-22)37-21-4-2-20(3-5-21)34-14-25(18-6-8-35-9-7-18)26-27(34)28(30)33-16-32-26;1-17-31-14-24(36-17)16-34-22-11-19(28)12-23(13-22)35-21-5-3-20(4-6-21)32-15-25(26(29)27(32)30-2)18-7-9-33-10-8-18;1-5(2)3-4(6)7/h2-5,10-14,16,18H,6-9,15H2,1H3,(H2,30,32,33);3-6,11-15,18H,7-10,16,29H2,1H3;3H2,1-2H3,(H,6,7). The van der Waals surface area contributed by atoms with E-state index in [0.29, 0.717) is 84.2 Å². The van der Waals surface area contributed by atoms with Crippen LogP contribution in [-0.2, 0) is 27.5 Å². The van der Waals surface area contributed by atoms with E-state index in [9.17, 15) is 13.6 Å². The van der Waals surface area contributed by atoms with Gasteiger partial charge in [0.05, 0.1) is 43.7 Å². The smallest absolute Gasteiger partial charge is 0.317 e. The Morgan fingerprint density at radius 1 is 0.691 bits per heavy atom. The van der Waals surface area contributed by atoms with Crippen molar-refractivity contribution in [2.45, 2.75) is 64.6 Å². The summed E-state index contributed by atoms with van der Waals surface area (Å²) in [5.74, 6) is 2.31. The van der Waals surface area contributed by atoms with Crippen LogP contribution in [0.3, 0.4) is 0 Å². The van der Waals surface area contributed by atoms with Crippen LogP contribution in [0, 0.1) is 32.1 Å². The number of halogens is 2. The molecule has 0 aliphatic carbocycles. The molecular weight excluding hydrogens is 1080 g/mol. The average Bonchev–Trinajstić information content (AvgIpc) is 4.32. The van der Waals surface area contributed by atoms with Crippen molar-refractivity contribution < 1.29 is 47.1 Å². The van der Waals surface area contributed by atoms with Gasteiger partial charge in [0.1, 0.15) is 76.9 Å². The van der Waals surface area contributed by atoms with E-state index in [2.05, 4.69) is 31.0 Å². The van der Waals surface area contributed by atoms with E-state index in [1.807, 2.05) is 65.6 Å². The van der Waals surface area contributed by atoms with Crippen molar-refractivity contribution >= 4 is 57.0 Å². The molecule has 0 spiro atoms. The van der Waals surface area contributed by atoms with Gasteiger partial charge in [-0.3, -0.25) is 14.3 Å². The van der Waals surface area contributed by atoms with Crippen LogP contribution >= 0.6 is 22.7 Å². The van der Waals surface area contributed by atoms with Gasteiger partial charge in [0, 0.05) is 98.2 Å². The molecule has 4 aromatic carbocycles. The monoisotopic (exact) mass is 1140 g/mol. The molecule has 420 valence electrons. The van der Waals surface area contributed by atoms with Gasteiger partial charge in [-0.25, -0.2) is 28.7 Å². The highest BCUT2D eigenvalue weighted by molar-refractivity contribution is 7.11. The van der Waals surface area contributed by atoms with Crippen molar-refractivity contribution in [1.82, 2.24) is 34.0 Å². The molecule has 0 amide bonds. The molecule has 2 fully saturated rings. The molecule has 2 saturated heterocycles. The third-order valence-electron chi connectivity index (χ3n) is 13.1. The predicted octanol–water partition coefficient (Wildman–Crippen LogP) is 12.6. The SMILES string of the molecule is CN(C)CC(=O)O.Cc1ncc(COc2cc(F)cc(Oc3ccc(-n4cc(C5CCOCC5)c5ncnc(N)c54)cc3)c2)s1.[C-]#[N+]c1c(N)c(C2CCOCC2)cn1-c1ccc(Oc2cc(F)cc(OCc3cnc(C)s3)c2)cc1. The second kappa shape index (κ2) is 26.7. The van der Waals surface area contributed by atoms with Gasteiger partial charge >= 0.3 is 5.97 Å². The molecule has 9 aromatic rings. The Morgan fingerprint density at radius 2 is 1.16 bits per heavy atom. The number of aryl methyl sites for hydroxylation is 2. The fourth-order valence-corrected chi connectivity index (χ4v) is 10.7. The third-order valence-corrected chi connectivity index (χ3v) is 14.8. The number of benzene rings is 4. The van der Waals surface area contributed by atoms with Crippen LogP contribution in [0.25, 0.3) is 27.3 Å². The third kappa shape index (κ3) is 15.1. The minimum absolute atomic E-state index is 0.111. The van der Waals surface area contributed by atoms with Crippen LogP contribution in [0.2, 0.25) is 0 Å². The highest BCUT2D eigenvalue weighted by atomic mass is 32.1. The second-order valence-corrected chi connectivity index (χ2v) is 22.0. The summed E-state index contributed by atoms with van der Waals surface area (Å²) in [6, 6.07) is 23.4. The lowest BCUT2D eigenvalue weighted by Gasteiger charge is -2.21. The number of carboxylic acid groups (broad SMARTS) is 1. The van der Waals surface area contributed by atoms with E-state index in [-0.39, 0.29) is 12.5 Å². The van der Waals surface area contributed by atoms with E-state index in [0.717, 1.165) is 92.2 Å². The summed E-state index contributed by atoms with van der Waals surface area (Å²) in [5.41, 5.74) is 18.6. The zero-order valence-electron chi connectivity index (χ0n) is 45.0. The van der Waals surface area contributed by atoms with Crippen LogP contribution in [0.4, 0.5) is 26.1 Å². The quantitative estimate of drug-likeness (QED) is 0.0768. The minimum atomic E-state index is -0.787. The number of nitrogens with zero attached hydrogens (tertiary/aromatic N) is 8. The Morgan fingerprint density at radius 3 is 1.60 bits per heavy atom. The number of carboxylic acids is 1. The van der Waals surface area contributed by atoms with E-state index in [1.54, 1.807) is 67.0 Å². The number of nitrogens with two attached hydrogens (primary N) is 2. The zero-order valence-corrected chi connectivity index (χ0v) is 46.6. The zero-order chi connectivity index (χ0) is 57.0. The summed E-state index contributed by atoms with van der Waals surface area (Å²) in [5, 5.41) is 9.95. The molecular formula is C59H60F2N10O8S2.